The lowest BCUT2D eigenvalue weighted by Gasteiger charge is -2.19. The standard InChI is InChI=1S/C13H11BrN2O4S/c1-13(2,12(17)18)21-11-8-5-7(14)3-4-9(8)15-6-10(11)16(19)20/h3-6H,1-2H3,(H,17,18). The molecule has 2 aromatic rings. The molecular formula is C13H11BrN2O4S. The number of carbonyl (C=O) groups is 1. The van der Waals surface area contributed by atoms with Crippen LogP contribution in [0, 0.1) is 10.1 Å². The maximum absolute atomic E-state index is 11.3. The summed E-state index contributed by atoms with van der Waals surface area (Å²) in [6.45, 7) is 3.02. The molecule has 1 heterocycles. The molecule has 0 saturated heterocycles. The van der Waals surface area contributed by atoms with Crippen LogP contribution in [0.2, 0.25) is 0 Å². The molecule has 0 bridgehead atoms. The van der Waals surface area contributed by atoms with Gasteiger partial charge in [0.1, 0.15) is 10.9 Å². The monoisotopic (exact) mass is 370 g/mol. The van der Waals surface area contributed by atoms with E-state index in [9.17, 15) is 20.0 Å². The van der Waals surface area contributed by atoms with Gasteiger partial charge in [0, 0.05) is 9.86 Å². The number of aromatic nitrogens is 1. The van der Waals surface area contributed by atoms with Gasteiger partial charge in [0.05, 0.1) is 15.3 Å². The lowest BCUT2D eigenvalue weighted by atomic mass is 10.2. The number of aliphatic carboxylic acids is 1. The lowest BCUT2D eigenvalue weighted by Crippen LogP contribution is -2.27. The number of nitro groups is 1. The van der Waals surface area contributed by atoms with Crippen molar-refractivity contribution in [1.29, 1.82) is 0 Å². The van der Waals surface area contributed by atoms with Crippen molar-refractivity contribution in [1.82, 2.24) is 4.98 Å². The second-order valence-electron chi connectivity index (χ2n) is 4.81. The largest absolute Gasteiger partial charge is 0.480 e. The van der Waals surface area contributed by atoms with Gasteiger partial charge < -0.3 is 5.11 Å². The van der Waals surface area contributed by atoms with E-state index in [4.69, 9.17) is 0 Å². The Kier molecular flexibility index (Phi) is 4.20. The molecule has 110 valence electrons. The summed E-state index contributed by atoms with van der Waals surface area (Å²) in [6, 6.07) is 5.20. The third-order valence-corrected chi connectivity index (χ3v) is 4.64. The number of fused-ring (bicyclic) bond motifs is 1. The summed E-state index contributed by atoms with van der Waals surface area (Å²) in [7, 11) is 0. The molecule has 2 rings (SSSR count). The fourth-order valence-corrected chi connectivity index (χ4v) is 3.13. The minimum Gasteiger partial charge on any atom is -0.480 e. The number of thioether (sulfide) groups is 1. The van der Waals surface area contributed by atoms with Crippen LogP contribution in [-0.4, -0.2) is 25.7 Å². The van der Waals surface area contributed by atoms with E-state index in [2.05, 4.69) is 20.9 Å². The number of rotatable bonds is 4. The quantitative estimate of drug-likeness (QED) is 0.498. The van der Waals surface area contributed by atoms with Crippen molar-refractivity contribution in [2.45, 2.75) is 23.5 Å². The predicted molar refractivity (Wildman–Crippen MR) is 83.7 cm³/mol. The van der Waals surface area contributed by atoms with Gasteiger partial charge in [0.25, 0.3) is 0 Å². The lowest BCUT2D eigenvalue weighted by molar-refractivity contribution is -0.387. The van der Waals surface area contributed by atoms with Crippen LogP contribution in [0.15, 0.2) is 33.8 Å². The molecule has 0 aliphatic carbocycles. The highest BCUT2D eigenvalue weighted by Gasteiger charge is 2.33. The van der Waals surface area contributed by atoms with Gasteiger partial charge in [-0.1, -0.05) is 15.9 Å². The second-order valence-corrected chi connectivity index (χ2v) is 7.36. The Hall–Kier alpha value is -1.67. The van der Waals surface area contributed by atoms with E-state index in [0.29, 0.717) is 15.8 Å². The van der Waals surface area contributed by atoms with Crippen LogP contribution >= 0.6 is 27.7 Å². The molecule has 6 nitrogen and oxygen atoms in total. The SMILES string of the molecule is CC(C)(Sc1c([N+](=O)[O-])cnc2ccc(Br)cc12)C(=O)O. The smallest absolute Gasteiger partial charge is 0.319 e. The first kappa shape index (κ1) is 15.7. The van der Waals surface area contributed by atoms with Crippen molar-refractivity contribution in [3.8, 4) is 0 Å². The molecule has 1 aromatic carbocycles. The maximum Gasteiger partial charge on any atom is 0.319 e. The first-order valence-corrected chi connectivity index (χ1v) is 7.48. The number of pyridine rings is 1. The van der Waals surface area contributed by atoms with Crippen molar-refractivity contribution in [3.05, 3.63) is 39.0 Å². The van der Waals surface area contributed by atoms with E-state index in [0.717, 1.165) is 22.4 Å². The number of carboxylic acids is 1. The van der Waals surface area contributed by atoms with Crippen molar-refractivity contribution < 1.29 is 14.8 Å². The molecule has 0 aliphatic heterocycles. The summed E-state index contributed by atoms with van der Waals surface area (Å²) >= 11 is 4.26. The summed E-state index contributed by atoms with van der Waals surface area (Å²) in [5.41, 5.74) is 0.382. The Bertz CT molecular complexity index is 748. The van der Waals surface area contributed by atoms with Gasteiger partial charge in [-0.3, -0.25) is 14.9 Å². The highest BCUT2D eigenvalue weighted by Crippen LogP contribution is 2.42. The molecule has 0 fully saturated rings. The van der Waals surface area contributed by atoms with E-state index in [1.165, 1.54) is 13.8 Å². The fourth-order valence-electron chi connectivity index (χ4n) is 1.67. The summed E-state index contributed by atoms with van der Waals surface area (Å²) in [5.74, 6) is -1.04. The van der Waals surface area contributed by atoms with Gasteiger partial charge in [-0.25, -0.2) is 4.98 Å². The number of benzene rings is 1. The van der Waals surface area contributed by atoms with Crippen LogP contribution in [0.5, 0.6) is 0 Å². The highest BCUT2D eigenvalue weighted by atomic mass is 79.9. The Balaban J connectivity index is 2.72. The van der Waals surface area contributed by atoms with Gasteiger partial charge >= 0.3 is 11.7 Å². The second kappa shape index (κ2) is 5.61. The molecule has 0 unspecified atom stereocenters. The Morgan fingerprint density at radius 1 is 1.48 bits per heavy atom. The zero-order chi connectivity index (χ0) is 15.8. The van der Waals surface area contributed by atoms with E-state index in [1.807, 2.05) is 0 Å². The van der Waals surface area contributed by atoms with E-state index < -0.39 is 15.6 Å². The van der Waals surface area contributed by atoms with Crippen LogP contribution < -0.4 is 0 Å². The summed E-state index contributed by atoms with van der Waals surface area (Å²) in [6.07, 6.45) is 1.16. The predicted octanol–water partition coefficient (Wildman–Crippen LogP) is 3.86. The average Bonchev–Trinajstić information content (AvgIpc) is 2.38. The molecule has 1 aromatic heterocycles. The average molecular weight is 371 g/mol. The molecular weight excluding hydrogens is 360 g/mol. The molecule has 1 N–H and O–H groups in total. The normalized spacial score (nSPS) is 11.6. The zero-order valence-corrected chi connectivity index (χ0v) is 13.6. The van der Waals surface area contributed by atoms with Crippen LogP contribution in [0.25, 0.3) is 10.9 Å². The van der Waals surface area contributed by atoms with Gasteiger partial charge in [0.2, 0.25) is 0 Å². The summed E-state index contributed by atoms with van der Waals surface area (Å²) < 4.78 is -0.450. The summed E-state index contributed by atoms with van der Waals surface area (Å²) in [5, 5.41) is 21.0. The Morgan fingerprint density at radius 2 is 2.14 bits per heavy atom. The Labute approximate surface area is 132 Å². The molecule has 0 saturated carbocycles. The van der Waals surface area contributed by atoms with Gasteiger partial charge in [-0.05, 0) is 32.0 Å². The van der Waals surface area contributed by atoms with Crippen molar-refractivity contribution >= 4 is 50.3 Å². The number of hydrogen-bond donors (Lipinski definition) is 1. The topological polar surface area (TPSA) is 93.3 Å². The fraction of sp³-hybridized carbons (Fsp3) is 0.231. The number of carboxylic acid groups (broad SMARTS) is 1. The molecule has 0 aliphatic rings. The van der Waals surface area contributed by atoms with Crippen LogP contribution in [0.4, 0.5) is 5.69 Å². The third kappa shape index (κ3) is 3.16. The molecule has 0 amide bonds. The van der Waals surface area contributed by atoms with Crippen LogP contribution in [0.3, 0.4) is 0 Å². The molecule has 21 heavy (non-hydrogen) atoms. The van der Waals surface area contributed by atoms with Crippen LogP contribution in [-0.2, 0) is 4.79 Å². The zero-order valence-electron chi connectivity index (χ0n) is 11.2. The number of nitrogens with zero attached hydrogens (tertiary/aromatic N) is 2. The maximum atomic E-state index is 11.3. The number of halogens is 1. The third-order valence-electron chi connectivity index (χ3n) is 2.83. The van der Waals surface area contributed by atoms with Gasteiger partial charge in [-0.2, -0.15) is 0 Å². The highest BCUT2D eigenvalue weighted by molar-refractivity contribution is 9.10. The first-order chi connectivity index (χ1) is 9.72. The minimum atomic E-state index is -1.19. The van der Waals surface area contributed by atoms with Gasteiger partial charge in [0.15, 0.2) is 0 Å². The molecule has 8 heteroatoms. The Morgan fingerprint density at radius 3 is 2.71 bits per heavy atom. The molecule has 0 radical (unpaired) electrons. The van der Waals surface area contributed by atoms with E-state index in [1.54, 1.807) is 18.2 Å². The van der Waals surface area contributed by atoms with E-state index >= 15 is 0 Å². The van der Waals surface area contributed by atoms with Crippen LogP contribution in [0.1, 0.15) is 13.8 Å². The summed E-state index contributed by atoms with van der Waals surface area (Å²) in [4.78, 5) is 26.3. The first-order valence-electron chi connectivity index (χ1n) is 5.87. The van der Waals surface area contributed by atoms with Crippen molar-refractivity contribution in [2.24, 2.45) is 0 Å². The van der Waals surface area contributed by atoms with Crippen molar-refractivity contribution in [2.75, 3.05) is 0 Å². The van der Waals surface area contributed by atoms with Crippen molar-refractivity contribution in [3.63, 3.8) is 0 Å². The molecule has 0 spiro atoms. The molecule has 0 atom stereocenters. The van der Waals surface area contributed by atoms with E-state index in [-0.39, 0.29) is 5.69 Å². The van der Waals surface area contributed by atoms with Gasteiger partial charge in [-0.15, -0.1) is 11.8 Å². The number of hydrogen-bond acceptors (Lipinski definition) is 5. The minimum absolute atomic E-state index is 0.195.